The van der Waals surface area contributed by atoms with Gasteiger partial charge in [0.25, 0.3) is 0 Å². The molecule has 1 N–H and O–H groups in total. The van der Waals surface area contributed by atoms with Crippen molar-refractivity contribution in [3.05, 3.63) is 41.5 Å². The predicted molar refractivity (Wildman–Crippen MR) is 56.5 cm³/mol. The van der Waals surface area contributed by atoms with Crippen LogP contribution in [0.5, 0.6) is 0 Å². The van der Waals surface area contributed by atoms with Gasteiger partial charge in [-0.1, -0.05) is 48.9 Å². The van der Waals surface area contributed by atoms with Gasteiger partial charge >= 0.3 is 0 Å². The molecular weight excluding hydrogens is 160 g/mol. The lowest BCUT2D eigenvalue weighted by Crippen LogP contribution is -1.97. The van der Waals surface area contributed by atoms with Gasteiger partial charge in [0.2, 0.25) is 0 Å². The smallest absolute Gasteiger partial charge is 0.0721 e. The fourth-order valence-electron chi connectivity index (χ4n) is 1.04. The monoisotopic (exact) mass is 176 g/mol. The predicted octanol–water partition coefficient (Wildman–Crippen LogP) is 2.78. The molecule has 0 spiro atoms. The van der Waals surface area contributed by atoms with E-state index in [-0.39, 0.29) is 6.10 Å². The molecule has 1 heteroatoms. The summed E-state index contributed by atoms with van der Waals surface area (Å²) in [6.45, 7) is 4.03. The van der Waals surface area contributed by atoms with E-state index in [2.05, 4.69) is 19.1 Å². The summed E-state index contributed by atoms with van der Waals surface area (Å²) in [5.74, 6) is 0. The maximum absolute atomic E-state index is 9.29. The Morgan fingerprint density at radius 1 is 1.31 bits per heavy atom. The SMILES string of the molecule is CCC(O)C=Cc1ccc(C)cc1. The summed E-state index contributed by atoms with van der Waals surface area (Å²) in [7, 11) is 0. The van der Waals surface area contributed by atoms with Gasteiger partial charge in [-0.15, -0.1) is 0 Å². The second-order valence-electron chi connectivity index (χ2n) is 3.25. The second kappa shape index (κ2) is 4.83. The van der Waals surface area contributed by atoms with Crippen molar-refractivity contribution in [2.24, 2.45) is 0 Å². The number of hydrogen-bond acceptors (Lipinski definition) is 1. The van der Waals surface area contributed by atoms with Crippen LogP contribution in [0.25, 0.3) is 6.08 Å². The van der Waals surface area contributed by atoms with Crippen molar-refractivity contribution < 1.29 is 5.11 Å². The van der Waals surface area contributed by atoms with E-state index in [1.807, 2.05) is 31.2 Å². The lowest BCUT2D eigenvalue weighted by molar-refractivity contribution is 0.220. The zero-order chi connectivity index (χ0) is 9.68. The molecule has 0 aliphatic heterocycles. The van der Waals surface area contributed by atoms with E-state index in [1.165, 1.54) is 5.56 Å². The Kier molecular flexibility index (Phi) is 3.71. The highest BCUT2D eigenvalue weighted by atomic mass is 16.3. The topological polar surface area (TPSA) is 20.2 Å². The molecule has 1 unspecified atom stereocenters. The minimum absolute atomic E-state index is 0.318. The lowest BCUT2D eigenvalue weighted by atomic mass is 10.1. The Bertz CT molecular complexity index is 272. The van der Waals surface area contributed by atoms with E-state index in [0.29, 0.717) is 0 Å². The summed E-state index contributed by atoms with van der Waals surface area (Å²) in [4.78, 5) is 0. The molecule has 0 radical (unpaired) electrons. The first kappa shape index (κ1) is 10.0. The quantitative estimate of drug-likeness (QED) is 0.750. The van der Waals surface area contributed by atoms with Gasteiger partial charge in [-0.2, -0.15) is 0 Å². The number of rotatable bonds is 3. The van der Waals surface area contributed by atoms with Gasteiger partial charge in [-0.25, -0.2) is 0 Å². The second-order valence-corrected chi connectivity index (χ2v) is 3.25. The maximum Gasteiger partial charge on any atom is 0.0721 e. The van der Waals surface area contributed by atoms with Crippen LogP contribution < -0.4 is 0 Å². The first-order valence-electron chi connectivity index (χ1n) is 4.65. The van der Waals surface area contributed by atoms with Crippen molar-refractivity contribution in [3.63, 3.8) is 0 Å². The van der Waals surface area contributed by atoms with E-state index in [1.54, 1.807) is 0 Å². The van der Waals surface area contributed by atoms with E-state index in [0.717, 1.165) is 12.0 Å². The summed E-state index contributed by atoms with van der Waals surface area (Å²) in [5, 5.41) is 9.29. The average Bonchev–Trinajstić information content (AvgIpc) is 2.16. The van der Waals surface area contributed by atoms with Crippen LogP contribution >= 0.6 is 0 Å². The van der Waals surface area contributed by atoms with Crippen LogP contribution in [-0.2, 0) is 0 Å². The Hall–Kier alpha value is -1.08. The molecule has 0 amide bonds. The molecule has 0 heterocycles. The van der Waals surface area contributed by atoms with E-state index in [4.69, 9.17) is 0 Å². The van der Waals surface area contributed by atoms with E-state index >= 15 is 0 Å². The van der Waals surface area contributed by atoms with Crippen molar-refractivity contribution in [1.29, 1.82) is 0 Å². The molecule has 13 heavy (non-hydrogen) atoms. The molecule has 1 atom stereocenters. The molecular formula is C12H16O. The van der Waals surface area contributed by atoms with Gasteiger partial charge in [0.15, 0.2) is 0 Å². The Morgan fingerprint density at radius 2 is 1.92 bits per heavy atom. The number of aryl methyl sites for hydroxylation is 1. The summed E-state index contributed by atoms with van der Waals surface area (Å²) in [6, 6.07) is 8.23. The van der Waals surface area contributed by atoms with Crippen LogP contribution in [-0.4, -0.2) is 11.2 Å². The molecule has 1 aromatic carbocycles. The molecule has 0 aliphatic carbocycles. The molecule has 0 fully saturated rings. The third-order valence-corrected chi connectivity index (χ3v) is 2.01. The van der Waals surface area contributed by atoms with Gasteiger partial charge in [0.05, 0.1) is 6.10 Å². The van der Waals surface area contributed by atoms with Crippen molar-refractivity contribution in [2.45, 2.75) is 26.4 Å². The van der Waals surface area contributed by atoms with E-state index < -0.39 is 0 Å². The zero-order valence-corrected chi connectivity index (χ0v) is 8.20. The summed E-state index contributed by atoms with van der Waals surface area (Å²) in [5.41, 5.74) is 2.39. The zero-order valence-electron chi connectivity index (χ0n) is 8.20. The van der Waals surface area contributed by atoms with Crippen LogP contribution in [0.15, 0.2) is 30.3 Å². The third-order valence-electron chi connectivity index (χ3n) is 2.01. The molecule has 0 aliphatic rings. The third kappa shape index (κ3) is 3.43. The van der Waals surface area contributed by atoms with Gasteiger partial charge < -0.3 is 5.11 Å². The molecule has 1 aromatic rings. The fraction of sp³-hybridized carbons (Fsp3) is 0.333. The molecule has 1 rings (SSSR count). The molecule has 0 bridgehead atoms. The summed E-state index contributed by atoms with van der Waals surface area (Å²) >= 11 is 0. The first-order chi connectivity index (χ1) is 6.22. The number of benzene rings is 1. The number of aliphatic hydroxyl groups excluding tert-OH is 1. The van der Waals surface area contributed by atoms with Crippen LogP contribution in [0.4, 0.5) is 0 Å². The largest absolute Gasteiger partial charge is 0.389 e. The van der Waals surface area contributed by atoms with Crippen molar-refractivity contribution >= 4 is 6.08 Å². The van der Waals surface area contributed by atoms with Gasteiger partial charge in [-0.05, 0) is 18.9 Å². The first-order valence-corrected chi connectivity index (χ1v) is 4.65. The van der Waals surface area contributed by atoms with Gasteiger partial charge in [0.1, 0.15) is 0 Å². The highest BCUT2D eigenvalue weighted by Crippen LogP contribution is 2.06. The molecule has 0 saturated heterocycles. The fourth-order valence-corrected chi connectivity index (χ4v) is 1.04. The van der Waals surface area contributed by atoms with Crippen LogP contribution in [0.1, 0.15) is 24.5 Å². The highest BCUT2D eigenvalue weighted by Gasteiger charge is 1.92. The highest BCUT2D eigenvalue weighted by molar-refractivity contribution is 5.50. The van der Waals surface area contributed by atoms with E-state index in [9.17, 15) is 5.11 Å². The minimum atomic E-state index is -0.318. The number of hydrogen-bond donors (Lipinski definition) is 1. The minimum Gasteiger partial charge on any atom is -0.389 e. The number of aliphatic hydroxyl groups is 1. The molecule has 1 nitrogen and oxygen atoms in total. The molecule has 0 saturated carbocycles. The summed E-state index contributed by atoms with van der Waals surface area (Å²) < 4.78 is 0. The Morgan fingerprint density at radius 3 is 2.46 bits per heavy atom. The average molecular weight is 176 g/mol. The van der Waals surface area contributed by atoms with Crippen molar-refractivity contribution in [1.82, 2.24) is 0 Å². The Labute approximate surface area is 79.7 Å². The maximum atomic E-state index is 9.29. The van der Waals surface area contributed by atoms with Gasteiger partial charge in [0, 0.05) is 0 Å². The van der Waals surface area contributed by atoms with Crippen LogP contribution in [0.2, 0.25) is 0 Å². The molecule has 0 aromatic heterocycles. The summed E-state index contributed by atoms with van der Waals surface area (Å²) in [6.07, 6.45) is 4.22. The van der Waals surface area contributed by atoms with Crippen molar-refractivity contribution in [3.8, 4) is 0 Å². The normalized spacial score (nSPS) is 13.5. The lowest BCUT2D eigenvalue weighted by Gasteiger charge is -1.99. The molecule has 70 valence electrons. The van der Waals surface area contributed by atoms with Crippen LogP contribution in [0.3, 0.4) is 0 Å². The van der Waals surface area contributed by atoms with Gasteiger partial charge in [-0.3, -0.25) is 0 Å². The standard InChI is InChI=1S/C12H16O/c1-3-12(13)9-8-11-6-4-10(2)5-7-11/h4-9,12-13H,3H2,1-2H3. The van der Waals surface area contributed by atoms with Crippen LogP contribution in [0, 0.1) is 6.92 Å². The Balaban J connectivity index is 2.64. The van der Waals surface area contributed by atoms with Crippen molar-refractivity contribution in [2.75, 3.05) is 0 Å².